The third-order valence-electron chi connectivity index (χ3n) is 10.3. The average Bonchev–Trinajstić information content (AvgIpc) is 3.20. The number of phosphoric acid groups is 1. The number of hydrogen-bond acceptors (Lipinski definition) is 8. The van der Waals surface area contributed by atoms with Crippen LogP contribution in [0.5, 0.6) is 0 Å². The molecule has 0 aromatic carbocycles. The number of phosphoric ester groups is 1. The second-order valence-corrected chi connectivity index (χ2v) is 17.4. The number of nitrogens with two attached hydrogens (primary N) is 1. The fourth-order valence-corrected chi connectivity index (χ4v) is 7.51. The number of unbranched alkanes of at least 4 members (excludes halogenated alkanes) is 28. The Balaban J connectivity index is 4.06. The molecular formula is C47H90NO8P. The lowest BCUT2D eigenvalue weighted by molar-refractivity contribution is -0.161. The molecule has 0 saturated carbocycles. The lowest BCUT2D eigenvalue weighted by atomic mass is 10.0. The fourth-order valence-electron chi connectivity index (χ4n) is 6.74. The van der Waals surface area contributed by atoms with Crippen molar-refractivity contribution in [3.63, 3.8) is 0 Å². The van der Waals surface area contributed by atoms with Crippen molar-refractivity contribution >= 4 is 19.8 Å². The molecular weight excluding hydrogens is 737 g/mol. The van der Waals surface area contributed by atoms with Crippen LogP contribution in [0, 0.1) is 0 Å². The standard InChI is InChI=1S/C47H90NO8P/c1-3-5-7-9-11-13-15-17-19-20-21-22-23-24-26-28-30-32-34-36-38-40-47(50)56-45(44-55-57(51,52)54-42-41-48)43-53-46(49)39-37-35-33-31-29-27-25-18-16-14-12-10-8-6-4-2/h14,16-17,19,45H,3-13,15,18,20-44,48H2,1-2H3,(H,51,52). The van der Waals surface area contributed by atoms with E-state index < -0.39 is 26.5 Å². The van der Waals surface area contributed by atoms with Gasteiger partial charge in [0.1, 0.15) is 6.61 Å². The van der Waals surface area contributed by atoms with E-state index in [9.17, 15) is 19.0 Å². The van der Waals surface area contributed by atoms with Crippen molar-refractivity contribution in [1.29, 1.82) is 0 Å². The normalized spacial score (nSPS) is 13.4. The zero-order valence-electron chi connectivity index (χ0n) is 37.1. The molecule has 0 rings (SSSR count). The minimum Gasteiger partial charge on any atom is -0.462 e. The maximum atomic E-state index is 12.6. The highest BCUT2D eigenvalue weighted by atomic mass is 31.2. The summed E-state index contributed by atoms with van der Waals surface area (Å²) in [5.74, 6) is -0.826. The van der Waals surface area contributed by atoms with E-state index in [0.717, 1.165) is 51.4 Å². The first-order valence-corrected chi connectivity index (χ1v) is 25.3. The summed E-state index contributed by atoms with van der Waals surface area (Å²) in [6.45, 7) is 3.74. The summed E-state index contributed by atoms with van der Waals surface area (Å²) in [5, 5.41) is 0. The monoisotopic (exact) mass is 828 g/mol. The van der Waals surface area contributed by atoms with Gasteiger partial charge < -0.3 is 20.1 Å². The first-order valence-electron chi connectivity index (χ1n) is 23.8. The highest BCUT2D eigenvalue weighted by Gasteiger charge is 2.26. The molecule has 9 nitrogen and oxygen atoms in total. The van der Waals surface area contributed by atoms with E-state index in [1.54, 1.807) is 0 Å². The predicted octanol–water partition coefficient (Wildman–Crippen LogP) is 13.9. The van der Waals surface area contributed by atoms with Gasteiger partial charge in [0.05, 0.1) is 13.2 Å². The Kier molecular flexibility index (Phi) is 42.9. The Labute approximate surface area is 351 Å². The molecule has 0 aliphatic heterocycles. The van der Waals surface area contributed by atoms with Gasteiger partial charge in [0, 0.05) is 19.4 Å². The zero-order chi connectivity index (χ0) is 41.8. The Morgan fingerprint density at radius 1 is 0.509 bits per heavy atom. The van der Waals surface area contributed by atoms with E-state index >= 15 is 0 Å². The van der Waals surface area contributed by atoms with Gasteiger partial charge in [-0.25, -0.2) is 4.57 Å². The molecule has 336 valence electrons. The van der Waals surface area contributed by atoms with Crippen molar-refractivity contribution in [1.82, 2.24) is 0 Å². The molecule has 0 aliphatic rings. The van der Waals surface area contributed by atoms with Crippen LogP contribution >= 0.6 is 7.82 Å². The molecule has 3 N–H and O–H groups in total. The van der Waals surface area contributed by atoms with Crippen LogP contribution in [-0.2, 0) is 32.7 Å². The van der Waals surface area contributed by atoms with Crippen LogP contribution < -0.4 is 5.73 Å². The van der Waals surface area contributed by atoms with Gasteiger partial charge in [0.2, 0.25) is 0 Å². The molecule has 0 spiro atoms. The summed E-state index contributed by atoms with van der Waals surface area (Å²) in [7, 11) is -4.38. The molecule has 0 heterocycles. The third-order valence-corrected chi connectivity index (χ3v) is 11.3. The summed E-state index contributed by atoms with van der Waals surface area (Å²) in [4.78, 5) is 34.9. The van der Waals surface area contributed by atoms with Crippen molar-refractivity contribution in [2.24, 2.45) is 5.73 Å². The van der Waals surface area contributed by atoms with Gasteiger partial charge in [0.15, 0.2) is 6.10 Å². The quantitative estimate of drug-likeness (QED) is 0.0266. The summed E-state index contributed by atoms with van der Waals surface area (Å²) in [6.07, 6.45) is 47.8. The maximum Gasteiger partial charge on any atom is 0.472 e. The molecule has 0 aliphatic carbocycles. The summed E-state index contributed by atoms with van der Waals surface area (Å²) < 4.78 is 32.9. The van der Waals surface area contributed by atoms with Crippen LogP contribution in [-0.4, -0.2) is 49.3 Å². The van der Waals surface area contributed by atoms with Gasteiger partial charge in [0.25, 0.3) is 0 Å². The van der Waals surface area contributed by atoms with E-state index in [1.807, 2.05) is 0 Å². The lowest BCUT2D eigenvalue weighted by Crippen LogP contribution is -2.29. The van der Waals surface area contributed by atoms with Gasteiger partial charge in [-0.3, -0.25) is 18.6 Å². The van der Waals surface area contributed by atoms with Crippen molar-refractivity contribution in [3.05, 3.63) is 24.3 Å². The molecule has 2 atom stereocenters. The summed E-state index contributed by atoms with van der Waals surface area (Å²) in [6, 6.07) is 0. The molecule has 0 radical (unpaired) electrons. The molecule has 0 amide bonds. The van der Waals surface area contributed by atoms with E-state index in [4.69, 9.17) is 24.3 Å². The van der Waals surface area contributed by atoms with Crippen LogP contribution in [0.15, 0.2) is 24.3 Å². The van der Waals surface area contributed by atoms with E-state index in [1.165, 1.54) is 148 Å². The Morgan fingerprint density at radius 3 is 1.26 bits per heavy atom. The summed E-state index contributed by atoms with van der Waals surface area (Å²) >= 11 is 0. The first kappa shape index (κ1) is 55.5. The number of rotatable bonds is 45. The molecule has 0 fully saturated rings. The molecule has 0 aromatic rings. The van der Waals surface area contributed by atoms with E-state index in [2.05, 4.69) is 38.2 Å². The minimum absolute atomic E-state index is 0.0541. The summed E-state index contributed by atoms with van der Waals surface area (Å²) in [5.41, 5.74) is 5.36. The molecule has 0 bridgehead atoms. The van der Waals surface area contributed by atoms with Gasteiger partial charge in [-0.2, -0.15) is 0 Å². The van der Waals surface area contributed by atoms with Gasteiger partial charge in [-0.15, -0.1) is 0 Å². The number of carbonyl (C=O) groups is 2. The van der Waals surface area contributed by atoms with Crippen LogP contribution in [0.3, 0.4) is 0 Å². The zero-order valence-corrected chi connectivity index (χ0v) is 38.0. The fraction of sp³-hybridized carbons (Fsp3) is 0.872. The van der Waals surface area contributed by atoms with Crippen LogP contribution in [0.4, 0.5) is 0 Å². The molecule has 10 heteroatoms. The topological polar surface area (TPSA) is 134 Å². The van der Waals surface area contributed by atoms with Crippen LogP contribution in [0.25, 0.3) is 0 Å². The van der Waals surface area contributed by atoms with Gasteiger partial charge >= 0.3 is 19.8 Å². The van der Waals surface area contributed by atoms with E-state index in [-0.39, 0.29) is 38.6 Å². The van der Waals surface area contributed by atoms with Gasteiger partial charge in [-0.1, -0.05) is 179 Å². The number of esters is 2. The minimum atomic E-state index is -4.38. The van der Waals surface area contributed by atoms with Crippen molar-refractivity contribution in [2.75, 3.05) is 26.4 Å². The SMILES string of the molecule is CCCCCCC=CCCCCCCCCCC(=O)OCC(COP(=O)(O)OCCN)OC(=O)CCCCCCCCCCCCCC=CCCCCCCCC. The second kappa shape index (κ2) is 44.1. The van der Waals surface area contributed by atoms with Crippen molar-refractivity contribution in [3.8, 4) is 0 Å². The number of hydrogen-bond donors (Lipinski definition) is 2. The molecule has 2 unspecified atom stereocenters. The predicted molar refractivity (Wildman–Crippen MR) is 238 cm³/mol. The first-order chi connectivity index (χ1) is 27.8. The Hall–Kier alpha value is -1.51. The maximum absolute atomic E-state index is 12.6. The molecule has 0 aromatic heterocycles. The highest BCUT2D eigenvalue weighted by Crippen LogP contribution is 2.43. The average molecular weight is 828 g/mol. The van der Waals surface area contributed by atoms with Crippen molar-refractivity contribution < 1.29 is 37.6 Å². The Morgan fingerprint density at radius 2 is 0.860 bits per heavy atom. The second-order valence-electron chi connectivity index (χ2n) is 16.0. The third kappa shape index (κ3) is 43.9. The Bertz CT molecular complexity index is 990. The van der Waals surface area contributed by atoms with Crippen molar-refractivity contribution in [2.45, 2.75) is 238 Å². The smallest absolute Gasteiger partial charge is 0.462 e. The largest absolute Gasteiger partial charge is 0.472 e. The van der Waals surface area contributed by atoms with Crippen LogP contribution in [0.2, 0.25) is 0 Å². The number of carbonyl (C=O) groups excluding carboxylic acids is 2. The molecule has 57 heavy (non-hydrogen) atoms. The molecule has 0 saturated heterocycles. The van der Waals surface area contributed by atoms with E-state index in [0.29, 0.717) is 6.42 Å². The number of ether oxygens (including phenoxy) is 2. The van der Waals surface area contributed by atoms with Crippen LogP contribution in [0.1, 0.15) is 232 Å². The number of allylic oxidation sites excluding steroid dienone is 4. The lowest BCUT2D eigenvalue weighted by Gasteiger charge is -2.19. The van der Waals surface area contributed by atoms with Gasteiger partial charge in [-0.05, 0) is 64.2 Å². The highest BCUT2D eigenvalue weighted by molar-refractivity contribution is 7.47.